The third-order valence-electron chi connectivity index (χ3n) is 3.30. The van der Waals surface area contributed by atoms with Gasteiger partial charge in [0, 0.05) is 25.8 Å². The van der Waals surface area contributed by atoms with E-state index in [0.29, 0.717) is 25.2 Å². The Labute approximate surface area is 125 Å². The number of nitrogens with two attached hydrogens (primary N) is 1. The van der Waals surface area contributed by atoms with Gasteiger partial charge in [-0.3, -0.25) is 14.3 Å². The normalized spacial score (nSPS) is 10.5. The van der Waals surface area contributed by atoms with Gasteiger partial charge >= 0.3 is 0 Å². The molecule has 0 aromatic carbocycles. The number of aromatic nitrogens is 2. The van der Waals surface area contributed by atoms with Crippen LogP contribution in [0.15, 0.2) is 6.20 Å². The number of likely N-dealkylation sites (N-methyl/N-ethyl adjacent to an activating group) is 1. The second kappa shape index (κ2) is 8.41. The fraction of sp³-hybridized carbons (Fsp3) is 0.643. The highest BCUT2D eigenvalue weighted by Crippen LogP contribution is 2.11. The van der Waals surface area contributed by atoms with Crippen molar-refractivity contribution in [3.05, 3.63) is 17.5 Å². The second-order valence-electron chi connectivity index (χ2n) is 4.91. The Morgan fingerprint density at radius 1 is 1.48 bits per heavy atom. The second-order valence-corrected chi connectivity index (χ2v) is 4.91. The zero-order valence-corrected chi connectivity index (χ0v) is 13.1. The van der Waals surface area contributed by atoms with Crippen LogP contribution in [-0.4, -0.2) is 53.2 Å². The molecule has 0 atom stereocenters. The van der Waals surface area contributed by atoms with Gasteiger partial charge in [-0.05, 0) is 26.3 Å². The fourth-order valence-electron chi connectivity index (χ4n) is 2.07. The van der Waals surface area contributed by atoms with Crippen molar-refractivity contribution in [2.75, 3.05) is 26.7 Å². The standard InChI is InChI=1S/C14H25N5O2/c1-4-7-18(10-13(20)16-3)14(21)12-9-17-19(11(12)2)8-5-6-15/h9H,4-8,10,15H2,1-3H3,(H,16,20). The molecule has 0 aliphatic heterocycles. The quantitative estimate of drug-likeness (QED) is 0.713. The minimum absolute atomic E-state index is 0.0661. The Hall–Kier alpha value is -1.89. The maximum Gasteiger partial charge on any atom is 0.257 e. The highest BCUT2D eigenvalue weighted by molar-refractivity contribution is 5.97. The molecule has 0 bridgehead atoms. The van der Waals surface area contributed by atoms with Crippen LogP contribution < -0.4 is 11.1 Å². The Morgan fingerprint density at radius 3 is 2.76 bits per heavy atom. The van der Waals surface area contributed by atoms with Crippen molar-refractivity contribution in [3.8, 4) is 0 Å². The van der Waals surface area contributed by atoms with E-state index in [2.05, 4.69) is 10.4 Å². The SMILES string of the molecule is CCCN(CC(=O)NC)C(=O)c1cnn(CCCN)c1C. The first-order chi connectivity index (χ1) is 10.0. The number of rotatable bonds is 8. The van der Waals surface area contributed by atoms with Crippen LogP contribution in [0.4, 0.5) is 0 Å². The molecule has 0 saturated carbocycles. The van der Waals surface area contributed by atoms with Crippen molar-refractivity contribution in [2.45, 2.75) is 33.2 Å². The van der Waals surface area contributed by atoms with Gasteiger partial charge in [0.15, 0.2) is 0 Å². The maximum absolute atomic E-state index is 12.6. The summed E-state index contributed by atoms with van der Waals surface area (Å²) in [4.78, 5) is 25.6. The molecule has 0 aliphatic rings. The predicted octanol–water partition coefficient (Wildman–Crippen LogP) is 0.139. The smallest absolute Gasteiger partial charge is 0.257 e. The molecule has 21 heavy (non-hydrogen) atoms. The predicted molar refractivity (Wildman–Crippen MR) is 80.9 cm³/mol. The van der Waals surface area contributed by atoms with Crippen LogP contribution in [0.1, 0.15) is 35.8 Å². The monoisotopic (exact) mass is 295 g/mol. The van der Waals surface area contributed by atoms with E-state index >= 15 is 0 Å². The van der Waals surface area contributed by atoms with E-state index in [-0.39, 0.29) is 18.4 Å². The maximum atomic E-state index is 12.6. The largest absolute Gasteiger partial charge is 0.358 e. The third-order valence-corrected chi connectivity index (χ3v) is 3.30. The van der Waals surface area contributed by atoms with Gasteiger partial charge in [0.1, 0.15) is 0 Å². The molecule has 0 fully saturated rings. The van der Waals surface area contributed by atoms with E-state index in [1.807, 2.05) is 13.8 Å². The molecule has 118 valence electrons. The number of nitrogens with zero attached hydrogens (tertiary/aromatic N) is 3. The average Bonchev–Trinajstić information content (AvgIpc) is 2.84. The minimum atomic E-state index is -0.176. The molecular weight excluding hydrogens is 270 g/mol. The van der Waals surface area contributed by atoms with Gasteiger partial charge in [0.2, 0.25) is 5.91 Å². The molecule has 1 rings (SSSR count). The molecular formula is C14H25N5O2. The van der Waals surface area contributed by atoms with Crippen molar-refractivity contribution >= 4 is 11.8 Å². The third kappa shape index (κ3) is 4.56. The number of amides is 2. The molecule has 2 amide bonds. The van der Waals surface area contributed by atoms with Gasteiger partial charge in [-0.15, -0.1) is 0 Å². The summed E-state index contributed by atoms with van der Waals surface area (Å²) in [6.07, 6.45) is 3.18. The van der Waals surface area contributed by atoms with Gasteiger partial charge in [0.25, 0.3) is 5.91 Å². The molecule has 1 heterocycles. The van der Waals surface area contributed by atoms with Crippen LogP contribution in [0.3, 0.4) is 0 Å². The van der Waals surface area contributed by atoms with E-state index in [1.54, 1.807) is 22.8 Å². The molecule has 3 N–H and O–H groups in total. The van der Waals surface area contributed by atoms with Crippen molar-refractivity contribution in [1.29, 1.82) is 0 Å². The number of carbonyl (C=O) groups is 2. The minimum Gasteiger partial charge on any atom is -0.358 e. The van der Waals surface area contributed by atoms with Crippen molar-refractivity contribution < 1.29 is 9.59 Å². The lowest BCUT2D eigenvalue weighted by atomic mass is 10.2. The molecule has 0 saturated heterocycles. The number of aryl methyl sites for hydroxylation is 1. The van der Waals surface area contributed by atoms with E-state index in [4.69, 9.17) is 5.73 Å². The highest BCUT2D eigenvalue weighted by atomic mass is 16.2. The van der Waals surface area contributed by atoms with Crippen LogP contribution in [0, 0.1) is 6.92 Å². The van der Waals surface area contributed by atoms with E-state index in [0.717, 1.165) is 18.5 Å². The van der Waals surface area contributed by atoms with Gasteiger partial charge in [-0.2, -0.15) is 5.10 Å². The number of hydrogen-bond acceptors (Lipinski definition) is 4. The molecule has 0 unspecified atom stereocenters. The molecule has 1 aromatic rings. The summed E-state index contributed by atoms with van der Waals surface area (Å²) < 4.78 is 1.78. The van der Waals surface area contributed by atoms with Crippen molar-refractivity contribution in [3.63, 3.8) is 0 Å². The lowest BCUT2D eigenvalue weighted by molar-refractivity contribution is -0.121. The average molecular weight is 295 g/mol. The molecule has 0 aliphatic carbocycles. The first-order valence-electron chi connectivity index (χ1n) is 7.27. The summed E-state index contributed by atoms with van der Waals surface area (Å²) in [5.74, 6) is -0.332. The van der Waals surface area contributed by atoms with Crippen LogP contribution in [0.25, 0.3) is 0 Å². The van der Waals surface area contributed by atoms with Crippen molar-refractivity contribution in [1.82, 2.24) is 20.0 Å². The zero-order valence-electron chi connectivity index (χ0n) is 13.1. The molecule has 0 radical (unpaired) electrons. The highest BCUT2D eigenvalue weighted by Gasteiger charge is 2.21. The fourth-order valence-corrected chi connectivity index (χ4v) is 2.07. The summed E-state index contributed by atoms with van der Waals surface area (Å²) in [5, 5.41) is 6.77. The summed E-state index contributed by atoms with van der Waals surface area (Å²) in [5.41, 5.74) is 6.85. The number of hydrogen-bond donors (Lipinski definition) is 2. The molecule has 0 spiro atoms. The summed E-state index contributed by atoms with van der Waals surface area (Å²) in [6, 6.07) is 0. The Bertz CT molecular complexity index is 484. The molecule has 7 nitrogen and oxygen atoms in total. The van der Waals surface area contributed by atoms with E-state index in [9.17, 15) is 9.59 Å². The van der Waals surface area contributed by atoms with Crippen LogP contribution in [0.2, 0.25) is 0 Å². The lowest BCUT2D eigenvalue weighted by Crippen LogP contribution is -2.40. The van der Waals surface area contributed by atoms with Gasteiger partial charge in [-0.25, -0.2) is 0 Å². The summed E-state index contributed by atoms with van der Waals surface area (Å²) in [6.45, 7) is 5.72. The van der Waals surface area contributed by atoms with Crippen LogP contribution in [0.5, 0.6) is 0 Å². The number of nitrogens with one attached hydrogen (secondary N) is 1. The first-order valence-corrected chi connectivity index (χ1v) is 7.27. The van der Waals surface area contributed by atoms with Crippen LogP contribution in [-0.2, 0) is 11.3 Å². The zero-order chi connectivity index (χ0) is 15.8. The van der Waals surface area contributed by atoms with E-state index in [1.165, 1.54) is 0 Å². The lowest BCUT2D eigenvalue weighted by Gasteiger charge is -2.21. The Morgan fingerprint density at radius 2 is 2.19 bits per heavy atom. The van der Waals surface area contributed by atoms with Gasteiger partial charge in [0.05, 0.1) is 18.3 Å². The summed E-state index contributed by atoms with van der Waals surface area (Å²) >= 11 is 0. The number of carbonyl (C=O) groups excluding carboxylic acids is 2. The summed E-state index contributed by atoms with van der Waals surface area (Å²) in [7, 11) is 1.56. The van der Waals surface area contributed by atoms with Crippen LogP contribution >= 0.6 is 0 Å². The Balaban J connectivity index is 2.88. The Kier molecular flexibility index (Phi) is 6.87. The van der Waals surface area contributed by atoms with E-state index < -0.39 is 0 Å². The van der Waals surface area contributed by atoms with Gasteiger partial charge in [-0.1, -0.05) is 6.92 Å². The topological polar surface area (TPSA) is 93.2 Å². The first kappa shape index (κ1) is 17.2. The van der Waals surface area contributed by atoms with Gasteiger partial charge < -0.3 is 16.0 Å². The van der Waals surface area contributed by atoms with Crippen molar-refractivity contribution in [2.24, 2.45) is 5.73 Å². The molecule has 7 heteroatoms. The molecule has 1 aromatic heterocycles.